The zero-order valence-corrected chi connectivity index (χ0v) is 13.4. The third-order valence-electron chi connectivity index (χ3n) is 3.37. The van der Waals surface area contributed by atoms with Crippen LogP contribution in [0.5, 0.6) is 0 Å². The van der Waals surface area contributed by atoms with Crippen molar-refractivity contribution < 1.29 is 4.73 Å². The second kappa shape index (κ2) is 6.23. The van der Waals surface area contributed by atoms with Gasteiger partial charge in [0.2, 0.25) is 0 Å². The summed E-state index contributed by atoms with van der Waals surface area (Å²) in [7, 11) is 0. The Morgan fingerprint density at radius 1 is 1.14 bits per heavy atom. The van der Waals surface area contributed by atoms with E-state index in [4.69, 9.17) is 0 Å². The lowest BCUT2D eigenvalue weighted by molar-refractivity contribution is -0.645. The van der Waals surface area contributed by atoms with Crippen molar-refractivity contribution in [3.05, 3.63) is 76.9 Å². The van der Waals surface area contributed by atoms with Crippen molar-refractivity contribution in [1.82, 2.24) is 9.78 Å². The Hall–Kier alpha value is -2.27. The van der Waals surface area contributed by atoms with Crippen molar-refractivity contribution in [3.63, 3.8) is 0 Å². The molecule has 0 spiro atoms. The van der Waals surface area contributed by atoms with E-state index in [-0.39, 0.29) is 0 Å². The molecule has 0 unspecified atom stereocenters. The minimum atomic E-state index is 0.713. The Labute approximate surface area is 134 Å². The van der Waals surface area contributed by atoms with Crippen LogP contribution < -0.4 is 4.73 Å². The molecular formula is C17H17N3OS. The molecule has 2 heterocycles. The predicted octanol–water partition coefficient (Wildman–Crippen LogP) is 3.41. The largest absolute Gasteiger partial charge is 0.618 e. The standard InChI is InChI=1S/C17H17N3OS/c1-13-11-14(2)20(18-13)16-8-6-15(7-9-16)12-22-17-5-3-4-10-19(17)21/h3-11H,12H2,1-2H3. The number of hydrogen-bond acceptors (Lipinski definition) is 3. The molecule has 112 valence electrons. The molecule has 0 N–H and O–H groups in total. The van der Waals surface area contributed by atoms with Crippen LogP contribution in [0.1, 0.15) is 17.0 Å². The van der Waals surface area contributed by atoms with Crippen molar-refractivity contribution in [3.8, 4) is 5.69 Å². The van der Waals surface area contributed by atoms with E-state index in [1.807, 2.05) is 30.7 Å². The van der Waals surface area contributed by atoms with Crippen molar-refractivity contribution >= 4 is 11.8 Å². The molecule has 0 bridgehead atoms. The molecule has 0 saturated carbocycles. The summed E-state index contributed by atoms with van der Waals surface area (Å²) in [4.78, 5) is 0. The third kappa shape index (κ3) is 3.14. The smallest absolute Gasteiger partial charge is 0.251 e. The lowest BCUT2D eigenvalue weighted by atomic mass is 10.2. The highest BCUT2D eigenvalue weighted by Crippen LogP contribution is 2.20. The monoisotopic (exact) mass is 311 g/mol. The number of nitrogens with zero attached hydrogens (tertiary/aromatic N) is 3. The summed E-state index contributed by atoms with van der Waals surface area (Å²) < 4.78 is 2.84. The molecule has 3 rings (SSSR count). The van der Waals surface area contributed by atoms with Gasteiger partial charge in [0.1, 0.15) is 0 Å². The molecule has 0 aliphatic carbocycles. The first-order valence-electron chi connectivity index (χ1n) is 7.07. The minimum absolute atomic E-state index is 0.713. The minimum Gasteiger partial charge on any atom is -0.618 e. The summed E-state index contributed by atoms with van der Waals surface area (Å²) in [5, 5.41) is 16.8. The molecule has 0 saturated heterocycles. The maximum Gasteiger partial charge on any atom is 0.251 e. The van der Waals surface area contributed by atoms with Crippen LogP contribution in [0.15, 0.2) is 59.8 Å². The van der Waals surface area contributed by atoms with E-state index >= 15 is 0 Å². The second-order valence-electron chi connectivity index (χ2n) is 5.16. The van der Waals surface area contributed by atoms with Gasteiger partial charge in [-0.2, -0.15) is 9.83 Å². The summed E-state index contributed by atoms with van der Waals surface area (Å²) in [6, 6.07) is 15.8. The van der Waals surface area contributed by atoms with Crippen molar-refractivity contribution in [1.29, 1.82) is 0 Å². The Morgan fingerprint density at radius 3 is 2.55 bits per heavy atom. The van der Waals surface area contributed by atoms with E-state index in [1.165, 1.54) is 23.5 Å². The Kier molecular flexibility index (Phi) is 4.15. The normalized spacial score (nSPS) is 10.8. The fourth-order valence-electron chi connectivity index (χ4n) is 2.31. The number of thioether (sulfide) groups is 1. The lowest BCUT2D eigenvalue weighted by Crippen LogP contribution is -2.27. The highest BCUT2D eigenvalue weighted by molar-refractivity contribution is 7.98. The molecule has 22 heavy (non-hydrogen) atoms. The molecule has 1 aromatic carbocycles. The molecular weight excluding hydrogens is 294 g/mol. The van der Waals surface area contributed by atoms with Gasteiger partial charge in [0.25, 0.3) is 5.03 Å². The molecule has 2 aromatic heterocycles. The van der Waals surface area contributed by atoms with Crippen LogP contribution >= 0.6 is 11.8 Å². The number of benzene rings is 1. The van der Waals surface area contributed by atoms with E-state index in [9.17, 15) is 5.21 Å². The van der Waals surface area contributed by atoms with Crippen molar-refractivity contribution in [2.45, 2.75) is 24.6 Å². The highest BCUT2D eigenvalue weighted by Gasteiger charge is 2.06. The van der Waals surface area contributed by atoms with Crippen LogP contribution in [0, 0.1) is 19.1 Å². The van der Waals surface area contributed by atoms with Crippen LogP contribution in [-0.2, 0) is 5.75 Å². The fraction of sp³-hybridized carbons (Fsp3) is 0.176. The predicted molar refractivity (Wildman–Crippen MR) is 88.0 cm³/mol. The zero-order valence-electron chi connectivity index (χ0n) is 12.6. The van der Waals surface area contributed by atoms with Gasteiger partial charge in [-0.05, 0) is 43.7 Å². The number of aromatic nitrogens is 3. The molecule has 0 amide bonds. The van der Waals surface area contributed by atoms with Crippen LogP contribution in [0.25, 0.3) is 5.69 Å². The maximum atomic E-state index is 11.6. The van der Waals surface area contributed by atoms with Gasteiger partial charge in [-0.3, -0.25) is 0 Å². The first kappa shape index (κ1) is 14.7. The van der Waals surface area contributed by atoms with Gasteiger partial charge in [0, 0.05) is 23.6 Å². The highest BCUT2D eigenvalue weighted by atomic mass is 32.2. The van der Waals surface area contributed by atoms with Gasteiger partial charge in [-0.25, -0.2) is 4.68 Å². The first-order chi connectivity index (χ1) is 10.6. The molecule has 5 heteroatoms. The van der Waals surface area contributed by atoms with Crippen LogP contribution in [0.4, 0.5) is 0 Å². The topological polar surface area (TPSA) is 44.8 Å². The molecule has 0 fully saturated rings. The Balaban J connectivity index is 1.72. The van der Waals surface area contributed by atoms with Crippen LogP contribution in [0.2, 0.25) is 0 Å². The molecule has 0 aliphatic heterocycles. The first-order valence-corrected chi connectivity index (χ1v) is 8.05. The maximum absolute atomic E-state index is 11.6. The lowest BCUT2D eigenvalue weighted by Gasteiger charge is -2.06. The summed E-state index contributed by atoms with van der Waals surface area (Å²) in [6.07, 6.45) is 1.52. The molecule has 4 nitrogen and oxygen atoms in total. The van der Waals surface area contributed by atoms with Gasteiger partial charge in [-0.1, -0.05) is 23.9 Å². The van der Waals surface area contributed by atoms with E-state index in [1.54, 1.807) is 6.07 Å². The Bertz CT molecular complexity index is 781. The average molecular weight is 311 g/mol. The van der Waals surface area contributed by atoms with Gasteiger partial charge in [0.15, 0.2) is 6.20 Å². The summed E-state index contributed by atoms with van der Waals surface area (Å²) in [6.45, 7) is 4.04. The number of aryl methyl sites for hydroxylation is 2. The number of hydrogen-bond donors (Lipinski definition) is 0. The molecule has 3 aromatic rings. The van der Waals surface area contributed by atoms with Crippen LogP contribution in [-0.4, -0.2) is 9.78 Å². The fourth-order valence-corrected chi connectivity index (χ4v) is 3.18. The third-order valence-corrected chi connectivity index (χ3v) is 4.46. The van der Waals surface area contributed by atoms with Gasteiger partial charge < -0.3 is 5.21 Å². The van der Waals surface area contributed by atoms with E-state index in [0.29, 0.717) is 5.03 Å². The Morgan fingerprint density at radius 2 is 1.91 bits per heavy atom. The second-order valence-corrected chi connectivity index (χ2v) is 6.15. The quantitative estimate of drug-likeness (QED) is 0.421. The summed E-state index contributed by atoms with van der Waals surface area (Å²) >= 11 is 1.54. The SMILES string of the molecule is Cc1cc(C)n(-c2ccc(CSc3cccc[n+]3[O-])cc2)n1. The zero-order chi connectivity index (χ0) is 15.5. The van der Waals surface area contributed by atoms with Crippen LogP contribution in [0.3, 0.4) is 0 Å². The van der Waals surface area contributed by atoms with E-state index in [0.717, 1.165) is 27.6 Å². The van der Waals surface area contributed by atoms with Crippen molar-refractivity contribution in [2.24, 2.45) is 0 Å². The van der Waals surface area contributed by atoms with E-state index in [2.05, 4.69) is 35.4 Å². The number of pyridine rings is 1. The summed E-state index contributed by atoms with van der Waals surface area (Å²) in [5.74, 6) is 0.768. The molecule has 0 radical (unpaired) electrons. The van der Waals surface area contributed by atoms with Gasteiger partial charge in [0.05, 0.1) is 11.4 Å². The molecule has 0 atom stereocenters. The summed E-state index contributed by atoms with van der Waals surface area (Å²) in [5.41, 5.74) is 4.37. The molecule has 0 aliphatic rings. The average Bonchev–Trinajstić information content (AvgIpc) is 2.86. The van der Waals surface area contributed by atoms with Crippen molar-refractivity contribution in [2.75, 3.05) is 0 Å². The van der Waals surface area contributed by atoms with Gasteiger partial charge >= 0.3 is 0 Å². The van der Waals surface area contributed by atoms with Gasteiger partial charge in [-0.15, -0.1) is 0 Å². The van der Waals surface area contributed by atoms with E-state index < -0.39 is 0 Å². The number of rotatable bonds is 4.